The fraction of sp³-hybridized carbons (Fsp3) is 0.517. The molecule has 12 heteroatoms. The van der Waals surface area contributed by atoms with E-state index in [1.165, 1.54) is 28.4 Å². The highest BCUT2D eigenvalue weighted by Gasteiger charge is 2.30. The highest BCUT2D eigenvalue weighted by molar-refractivity contribution is 5.80. The van der Waals surface area contributed by atoms with Crippen LogP contribution in [-0.4, -0.2) is 70.5 Å². The number of ether oxygens (including phenoxy) is 5. The Morgan fingerprint density at radius 3 is 2.17 bits per heavy atom. The van der Waals surface area contributed by atoms with Crippen LogP contribution in [0.4, 0.5) is 16.2 Å². The lowest BCUT2D eigenvalue weighted by molar-refractivity contribution is -0.406. The number of amides is 2. The molecule has 2 atom stereocenters. The summed E-state index contributed by atoms with van der Waals surface area (Å²) >= 11 is 0. The Morgan fingerprint density at radius 1 is 0.927 bits per heavy atom. The molecule has 1 fully saturated rings. The first-order chi connectivity index (χ1) is 19.7. The van der Waals surface area contributed by atoms with E-state index in [1.54, 1.807) is 35.2 Å². The number of piperidine rings is 1. The molecule has 0 saturated carbocycles. The smallest absolute Gasteiger partial charge is 0.415 e. The molecule has 0 aliphatic carbocycles. The monoisotopic (exact) mass is 572 g/mol. The summed E-state index contributed by atoms with van der Waals surface area (Å²) in [6.45, 7) is 4.99. The van der Waals surface area contributed by atoms with Crippen LogP contribution >= 0.6 is 0 Å². The van der Waals surface area contributed by atoms with Crippen molar-refractivity contribution in [2.24, 2.45) is 16.1 Å². The highest BCUT2D eigenvalue weighted by atomic mass is 16.6. The first-order valence-electron chi connectivity index (χ1n) is 13.7. The number of benzene rings is 2. The summed E-state index contributed by atoms with van der Waals surface area (Å²) in [5.74, 6) is 2.19. The van der Waals surface area contributed by atoms with Gasteiger partial charge in [-0.15, -0.1) is 0 Å². The van der Waals surface area contributed by atoms with E-state index in [9.17, 15) is 9.59 Å². The molecule has 4 N–H and O–H groups in total. The zero-order chi connectivity index (χ0) is 29.9. The number of methoxy groups -OCH3 is 4. The molecule has 0 spiro atoms. The molecule has 2 amide bonds. The van der Waals surface area contributed by atoms with E-state index in [0.717, 1.165) is 19.3 Å². The molecule has 1 aliphatic rings. The number of nitrogens with one attached hydrogen (secondary N) is 1. The van der Waals surface area contributed by atoms with Gasteiger partial charge in [0.25, 0.3) is 5.91 Å². The normalized spacial score (nSPS) is 15.9. The maximum Gasteiger partial charge on any atom is 0.415 e. The Bertz CT molecular complexity index is 1200. The van der Waals surface area contributed by atoms with Crippen LogP contribution in [0.1, 0.15) is 39.5 Å². The lowest BCUT2D eigenvalue weighted by atomic mass is 10.0. The summed E-state index contributed by atoms with van der Waals surface area (Å²) < 4.78 is 27.3. The fourth-order valence-electron chi connectivity index (χ4n) is 4.69. The molecule has 0 aromatic heterocycles. The topological polar surface area (TPSA) is 148 Å². The van der Waals surface area contributed by atoms with E-state index in [1.807, 2.05) is 0 Å². The van der Waals surface area contributed by atoms with E-state index in [-0.39, 0.29) is 23.7 Å². The average Bonchev–Trinajstić information content (AvgIpc) is 2.97. The van der Waals surface area contributed by atoms with Crippen LogP contribution < -0.4 is 34.7 Å². The number of hydrogen-bond donors (Lipinski definition) is 2. The van der Waals surface area contributed by atoms with E-state index in [4.69, 9.17) is 23.7 Å². The Balaban J connectivity index is 1.74. The number of nitrogens with zero attached hydrogens (tertiary/aromatic N) is 3. The van der Waals surface area contributed by atoms with Gasteiger partial charge in [-0.05, 0) is 37.3 Å². The Kier molecular flexibility index (Phi) is 11.6. The number of rotatable bonds is 12. The maximum absolute atomic E-state index is 13.3. The maximum atomic E-state index is 13.3. The predicted octanol–water partition coefficient (Wildman–Crippen LogP) is 4.26. The molecule has 41 heavy (non-hydrogen) atoms. The standard InChI is InChI=1S/C29H41N5O7/c1-18(2)13-22(30)28(35)31-17-21-9-7-8-12-34(21)29(36)41-24-14-19(10-11-23(24)37-3)32-33-20-15-25(38-4)27(40-6)26(16-20)39-5/h10-11,14-16,18,21-22H,7-9,12-13,17,30H2,1-6H3,(H,31,35)/p+1/t21?,22-/m0/s1. The summed E-state index contributed by atoms with van der Waals surface area (Å²) in [5, 5.41) is 11.6. The summed E-state index contributed by atoms with van der Waals surface area (Å²) in [7, 11) is 6.06. The second-order valence-corrected chi connectivity index (χ2v) is 10.2. The Morgan fingerprint density at radius 2 is 1.56 bits per heavy atom. The van der Waals surface area contributed by atoms with Crippen LogP contribution in [-0.2, 0) is 4.79 Å². The van der Waals surface area contributed by atoms with Gasteiger partial charge in [0.1, 0.15) is 0 Å². The number of carbonyl (C=O) groups excluding carboxylic acids is 2. The van der Waals surface area contributed by atoms with E-state index in [0.29, 0.717) is 59.8 Å². The molecule has 1 unspecified atom stereocenters. The molecule has 1 heterocycles. The minimum Gasteiger partial charge on any atom is -0.493 e. The van der Waals surface area contributed by atoms with Gasteiger partial charge in [0.2, 0.25) is 5.75 Å². The zero-order valence-electron chi connectivity index (χ0n) is 24.8. The van der Waals surface area contributed by atoms with Gasteiger partial charge in [0.15, 0.2) is 29.0 Å². The molecular formula is C29H42N5O7+. The van der Waals surface area contributed by atoms with Gasteiger partial charge in [-0.2, -0.15) is 10.2 Å². The van der Waals surface area contributed by atoms with Crippen molar-refractivity contribution in [2.75, 3.05) is 41.5 Å². The van der Waals surface area contributed by atoms with Crippen LogP contribution in [0.15, 0.2) is 40.6 Å². The highest BCUT2D eigenvalue weighted by Crippen LogP contribution is 2.41. The van der Waals surface area contributed by atoms with Crippen molar-refractivity contribution in [3.8, 4) is 28.7 Å². The number of hydrogen-bond acceptors (Lipinski definition) is 9. The second kappa shape index (κ2) is 15.1. The molecule has 224 valence electrons. The molecular weight excluding hydrogens is 530 g/mol. The van der Waals surface area contributed by atoms with Crippen LogP contribution in [0.3, 0.4) is 0 Å². The van der Waals surface area contributed by atoms with Gasteiger partial charge in [-0.25, -0.2) is 4.79 Å². The SMILES string of the molecule is COc1ccc(N=Nc2cc(OC)c(OC)c(OC)c2)cc1OC(=O)N1CCCCC1CNC(=O)[C@@H]([NH3+])CC(C)C. The van der Waals surface area contributed by atoms with E-state index < -0.39 is 6.09 Å². The van der Waals surface area contributed by atoms with Gasteiger partial charge in [0.05, 0.1) is 45.9 Å². The Labute approximate surface area is 241 Å². The van der Waals surface area contributed by atoms with Crippen molar-refractivity contribution in [1.82, 2.24) is 10.2 Å². The summed E-state index contributed by atoms with van der Waals surface area (Å²) in [6.07, 6.45) is 2.76. The van der Waals surface area contributed by atoms with Crippen molar-refractivity contribution >= 4 is 23.4 Å². The number of carbonyl (C=O) groups is 2. The summed E-state index contributed by atoms with van der Waals surface area (Å²) in [4.78, 5) is 27.5. The molecule has 2 aromatic rings. The van der Waals surface area contributed by atoms with Crippen molar-refractivity contribution in [1.29, 1.82) is 0 Å². The predicted molar refractivity (Wildman–Crippen MR) is 153 cm³/mol. The third-order valence-electron chi connectivity index (χ3n) is 6.78. The van der Waals surface area contributed by atoms with Gasteiger partial charge >= 0.3 is 6.09 Å². The van der Waals surface area contributed by atoms with Gasteiger partial charge in [-0.1, -0.05) is 13.8 Å². The van der Waals surface area contributed by atoms with Crippen LogP contribution in [0.25, 0.3) is 0 Å². The van der Waals surface area contributed by atoms with Gasteiger partial charge in [-0.3, -0.25) is 4.79 Å². The molecule has 12 nitrogen and oxygen atoms in total. The zero-order valence-corrected chi connectivity index (χ0v) is 24.8. The molecule has 3 rings (SSSR count). The van der Waals surface area contributed by atoms with Crippen LogP contribution in [0, 0.1) is 5.92 Å². The molecule has 0 bridgehead atoms. The minimum absolute atomic E-state index is 0.107. The van der Waals surface area contributed by atoms with Crippen LogP contribution in [0.2, 0.25) is 0 Å². The minimum atomic E-state index is -0.519. The van der Waals surface area contributed by atoms with E-state index in [2.05, 4.69) is 35.1 Å². The van der Waals surface area contributed by atoms with Crippen molar-refractivity contribution in [2.45, 2.75) is 51.6 Å². The number of likely N-dealkylation sites (tertiary alicyclic amines) is 1. The molecule has 1 aliphatic heterocycles. The lowest BCUT2D eigenvalue weighted by Gasteiger charge is -2.35. The lowest BCUT2D eigenvalue weighted by Crippen LogP contribution is -2.68. The number of azo groups is 1. The quantitative estimate of drug-likeness (QED) is 0.361. The van der Waals surface area contributed by atoms with Crippen molar-refractivity contribution in [3.05, 3.63) is 30.3 Å². The number of quaternary nitrogens is 1. The third kappa shape index (κ3) is 8.46. The third-order valence-corrected chi connectivity index (χ3v) is 6.78. The Hall–Kier alpha value is -4.06. The molecule has 0 radical (unpaired) electrons. The van der Waals surface area contributed by atoms with Crippen molar-refractivity contribution < 1.29 is 39.0 Å². The molecule has 1 saturated heterocycles. The molecule has 2 aromatic carbocycles. The first-order valence-corrected chi connectivity index (χ1v) is 13.7. The fourth-order valence-corrected chi connectivity index (χ4v) is 4.69. The van der Waals surface area contributed by atoms with E-state index >= 15 is 0 Å². The largest absolute Gasteiger partial charge is 0.493 e. The van der Waals surface area contributed by atoms with Crippen molar-refractivity contribution in [3.63, 3.8) is 0 Å². The van der Waals surface area contributed by atoms with Gasteiger partial charge in [0, 0.05) is 37.7 Å². The van der Waals surface area contributed by atoms with Crippen LogP contribution in [0.5, 0.6) is 28.7 Å². The summed E-state index contributed by atoms with van der Waals surface area (Å²) in [6, 6.07) is 7.76. The van der Waals surface area contributed by atoms with Gasteiger partial charge < -0.3 is 39.6 Å². The summed E-state index contributed by atoms with van der Waals surface area (Å²) in [5.41, 5.74) is 4.89. The second-order valence-electron chi connectivity index (χ2n) is 10.2. The first kappa shape index (κ1) is 31.5. The average molecular weight is 573 g/mol.